The SMILES string of the molecule is O=C1c2ccccc2CCN1CCC1CCNC1. The number of carbonyl (C=O) groups excluding carboxylic acids is 1. The van der Waals surface area contributed by atoms with Crippen molar-refractivity contribution in [3.05, 3.63) is 35.4 Å². The maximum Gasteiger partial charge on any atom is 0.254 e. The summed E-state index contributed by atoms with van der Waals surface area (Å²) < 4.78 is 0. The molecule has 0 radical (unpaired) electrons. The predicted octanol–water partition coefficient (Wildman–Crippen LogP) is 1.68. The van der Waals surface area contributed by atoms with Crippen LogP contribution < -0.4 is 5.32 Å². The molecule has 0 saturated carbocycles. The van der Waals surface area contributed by atoms with Gasteiger partial charge in [-0.25, -0.2) is 0 Å². The van der Waals surface area contributed by atoms with Crippen molar-refractivity contribution in [1.82, 2.24) is 10.2 Å². The van der Waals surface area contributed by atoms with Crippen molar-refractivity contribution in [2.45, 2.75) is 19.3 Å². The van der Waals surface area contributed by atoms with E-state index in [1.165, 1.54) is 12.0 Å². The lowest BCUT2D eigenvalue weighted by Crippen LogP contribution is -2.38. The lowest BCUT2D eigenvalue weighted by atomic mass is 9.98. The van der Waals surface area contributed by atoms with Gasteiger partial charge < -0.3 is 10.2 Å². The van der Waals surface area contributed by atoms with E-state index in [-0.39, 0.29) is 5.91 Å². The lowest BCUT2D eigenvalue weighted by molar-refractivity contribution is 0.0731. The Balaban J connectivity index is 1.63. The molecule has 0 bridgehead atoms. The Hall–Kier alpha value is -1.35. The summed E-state index contributed by atoms with van der Waals surface area (Å²) in [7, 11) is 0. The molecule has 1 fully saturated rings. The summed E-state index contributed by atoms with van der Waals surface area (Å²) in [5, 5.41) is 3.38. The van der Waals surface area contributed by atoms with Crippen LogP contribution in [0, 0.1) is 5.92 Å². The molecule has 1 N–H and O–H groups in total. The van der Waals surface area contributed by atoms with Crippen molar-refractivity contribution in [3.8, 4) is 0 Å². The molecule has 3 heteroatoms. The van der Waals surface area contributed by atoms with E-state index in [1.54, 1.807) is 0 Å². The molecule has 96 valence electrons. The molecule has 3 nitrogen and oxygen atoms in total. The number of nitrogens with zero attached hydrogens (tertiary/aromatic N) is 1. The monoisotopic (exact) mass is 244 g/mol. The van der Waals surface area contributed by atoms with Gasteiger partial charge in [0.05, 0.1) is 0 Å². The van der Waals surface area contributed by atoms with Crippen LogP contribution in [0.3, 0.4) is 0 Å². The summed E-state index contributed by atoms with van der Waals surface area (Å²) in [4.78, 5) is 14.4. The van der Waals surface area contributed by atoms with E-state index in [4.69, 9.17) is 0 Å². The van der Waals surface area contributed by atoms with Crippen LogP contribution in [0.15, 0.2) is 24.3 Å². The van der Waals surface area contributed by atoms with Crippen molar-refractivity contribution >= 4 is 5.91 Å². The van der Waals surface area contributed by atoms with Crippen LogP contribution in [-0.2, 0) is 6.42 Å². The molecule has 2 heterocycles. The highest BCUT2D eigenvalue weighted by Gasteiger charge is 2.24. The highest BCUT2D eigenvalue weighted by Crippen LogP contribution is 2.20. The van der Waals surface area contributed by atoms with Crippen molar-refractivity contribution in [3.63, 3.8) is 0 Å². The Labute approximate surface area is 108 Å². The summed E-state index contributed by atoms with van der Waals surface area (Å²) in [6.07, 6.45) is 3.41. The second-order valence-corrected chi connectivity index (χ2v) is 5.35. The van der Waals surface area contributed by atoms with E-state index < -0.39 is 0 Å². The molecule has 3 rings (SSSR count). The van der Waals surface area contributed by atoms with Gasteiger partial charge in [-0.15, -0.1) is 0 Å². The quantitative estimate of drug-likeness (QED) is 0.877. The van der Waals surface area contributed by atoms with Gasteiger partial charge in [-0.1, -0.05) is 18.2 Å². The first-order valence-corrected chi connectivity index (χ1v) is 6.92. The average molecular weight is 244 g/mol. The Morgan fingerprint density at radius 2 is 2.22 bits per heavy atom. The first-order chi connectivity index (χ1) is 8.84. The predicted molar refractivity (Wildman–Crippen MR) is 71.6 cm³/mol. The van der Waals surface area contributed by atoms with E-state index in [9.17, 15) is 4.79 Å². The van der Waals surface area contributed by atoms with E-state index in [0.29, 0.717) is 0 Å². The third-order valence-corrected chi connectivity index (χ3v) is 4.16. The number of amides is 1. The van der Waals surface area contributed by atoms with E-state index in [0.717, 1.165) is 50.5 Å². The summed E-state index contributed by atoms with van der Waals surface area (Å²) in [6, 6.07) is 8.01. The van der Waals surface area contributed by atoms with Gasteiger partial charge in [0.15, 0.2) is 0 Å². The molecule has 0 aliphatic carbocycles. The van der Waals surface area contributed by atoms with E-state index >= 15 is 0 Å². The van der Waals surface area contributed by atoms with Crippen molar-refractivity contribution in [1.29, 1.82) is 0 Å². The molecule has 1 aromatic carbocycles. The number of hydrogen-bond acceptors (Lipinski definition) is 2. The fourth-order valence-electron chi connectivity index (χ4n) is 2.99. The molecule has 0 spiro atoms. The van der Waals surface area contributed by atoms with E-state index in [2.05, 4.69) is 11.4 Å². The van der Waals surface area contributed by atoms with Crippen molar-refractivity contribution in [2.75, 3.05) is 26.2 Å². The van der Waals surface area contributed by atoms with Gasteiger partial charge in [-0.2, -0.15) is 0 Å². The standard InChI is InChI=1S/C15H20N2O/c18-15-14-4-2-1-3-13(14)7-10-17(15)9-6-12-5-8-16-11-12/h1-4,12,16H,5-11H2. The van der Waals surface area contributed by atoms with Crippen LogP contribution >= 0.6 is 0 Å². The smallest absolute Gasteiger partial charge is 0.254 e. The topological polar surface area (TPSA) is 32.3 Å². The van der Waals surface area contributed by atoms with Crippen LogP contribution in [0.5, 0.6) is 0 Å². The fourth-order valence-corrected chi connectivity index (χ4v) is 2.99. The molecular formula is C15H20N2O. The van der Waals surface area contributed by atoms with Crippen LogP contribution in [0.4, 0.5) is 0 Å². The van der Waals surface area contributed by atoms with Crippen LogP contribution in [0.1, 0.15) is 28.8 Å². The Bertz CT molecular complexity index is 438. The summed E-state index contributed by atoms with van der Waals surface area (Å²) in [6.45, 7) is 4.07. The molecule has 18 heavy (non-hydrogen) atoms. The van der Waals surface area contributed by atoms with Gasteiger partial charge in [-0.3, -0.25) is 4.79 Å². The van der Waals surface area contributed by atoms with E-state index in [1.807, 2.05) is 23.1 Å². The first-order valence-electron chi connectivity index (χ1n) is 6.92. The number of nitrogens with one attached hydrogen (secondary N) is 1. The van der Waals surface area contributed by atoms with Crippen LogP contribution in [0.25, 0.3) is 0 Å². The maximum atomic E-state index is 12.3. The zero-order valence-corrected chi connectivity index (χ0v) is 10.7. The Morgan fingerprint density at radius 3 is 3.06 bits per heavy atom. The molecule has 1 atom stereocenters. The zero-order valence-electron chi connectivity index (χ0n) is 10.7. The minimum absolute atomic E-state index is 0.225. The van der Waals surface area contributed by atoms with Crippen LogP contribution in [0.2, 0.25) is 0 Å². The molecule has 2 aliphatic heterocycles. The van der Waals surface area contributed by atoms with Gasteiger partial charge >= 0.3 is 0 Å². The van der Waals surface area contributed by atoms with Crippen molar-refractivity contribution in [2.24, 2.45) is 5.92 Å². The first kappa shape index (κ1) is 11.7. The third kappa shape index (κ3) is 2.27. The van der Waals surface area contributed by atoms with Gasteiger partial charge in [0.2, 0.25) is 0 Å². The second-order valence-electron chi connectivity index (χ2n) is 5.35. The number of fused-ring (bicyclic) bond motifs is 1. The Kier molecular flexibility index (Phi) is 3.33. The largest absolute Gasteiger partial charge is 0.338 e. The zero-order chi connectivity index (χ0) is 12.4. The molecule has 1 amide bonds. The normalized spacial score (nSPS) is 23.2. The molecule has 1 aromatic rings. The number of benzene rings is 1. The third-order valence-electron chi connectivity index (χ3n) is 4.16. The second kappa shape index (κ2) is 5.11. The molecular weight excluding hydrogens is 224 g/mol. The Morgan fingerprint density at radius 1 is 1.33 bits per heavy atom. The van der Waals surface area contributed by atoms with Gasteiger partial charge in [0.25, 0.3) is 5.91 Å². The molecule has 0 aromatic heterocycles. The highest BCUT2D eigenvalue weighted by atomic mass is 16.2. The maximum absolute atomic E-state index is 12.3. The fraction of sp³-hybridized carbons (Fsp3) is 0.533. The summed E-state index contributed by atoms with van der Waals surface area (Å²) in [5.41, 5.74) is 2.12. The number of hydrogen-bond donors (Lipinski definition) is 1. The average Bonchev–Trinajstić information content (AvgIpc) is 2.91. The molecule has 2 aliphatic rings. The molecule has 1 saturated heterocycles. The summed E-state index contributed by atoms with van der Waals surface area (Å²) >= 11 is 0. The van der Waals surface area contributed by atoms with Gasteiger partial charge in [-0.05, 0) is 49.9 Å². The van der Waals surface area contributed by atoms with Crippen LogP contribution in [-0.4, -0.2) is 37.0 Å². The highest BCUT2D eigenvalue weighted by molar-refractivity contribution is 5.96. The number of rotatable bonds is 3. The minimum atomic E-state index is 0.225. The van der Waals surface area contributed by atoms with Gasteiger partial charge in [0.1, 0.15) is 0 Å². The lowest BCUT2D eigenvalue weighted by Gasteiger charge is -2.29. The van der Waals surface area contributed by atoms with Crippen molar-refractivity contribution < 1.29 is 4.79 Å². The number of carbonyl (C=O) groups is 1. The molecule has 1 unspecified atom stereocenters. The van der Waals surface area contributed by atoms with Gasteiger partial charge in [0, 0.05) is 18.7 Å². The summed E-state index contributed by atoms with van der Waals surface area (Å²) in [5.74, 6) is 0.984. The minimum Gasteiger partial charge on any atom is -0.338 e.